The van der Waals surface area contributed by atoms with Gasteiger partial charge in [-0.3, -0.25) is 9.59 Å². The molecule has 0 saturated heterocycles. The Morgan fingerprint density at radius 2 is 1.00 bits per heavy atom. The van der Waals surface area contributed by atoms with Crippen LogP contribution in [0, 0.1) is 0 Å². The Balaban J connectivity index is 3.36. The molecule has 0 aliphatic heterocycles. The van der Waals surface area contributed by atoms with Gasteiger partial charge in [0.1, 0.15) is 0 Å². The van der Waals surface area contributed by atoms with E-state index in [1.165, 1.54) is 0 Å². The summed E-state index contributed by atoms with van der Waals surface area (Å²) in [6.45, 7) is 4.11. The van der Waals surface area contributed by atoms with Crippen molar-refractivity contribution in [3.63, 3.8) is 0 Å². The summed E-state index contributed by atoms with van der Waals surface area (Å²) < 4.78 is 20.8. The summed E-state index contributed by atoms with van der Waals surface area (Å²) >= 11 is 0. The third-order valence-electron chi connectivity index (χ3n) is 3.26. The Bertz CT molecular complexity index is 504. The predicted octanol–water partition coefficient (Wildman–Crippen LogP) is 0.686. The molecule has 0 heterocycles. The summed E-state index contributed by atoms with van der Waals surface area (Å²) in [6, 6.07) is 0. The van der Waals surface area contributed by atoms with Crippen molar-refractivity contribution in [2.24, 2.45) is 10.2 Å². The van der Waals surface area contributed by atoms with Gasteiger partial charge in [0, 0.05) is 48.8 Å². The lowest BCUT2D eigenvalue weighted by Crippen LogP contribution is -2.31. The summed E-state index contributed by atoms with van der Waals surface area (Å²) in [6.07, 6.45) is 0.183. The number of nitrogens with zero attached hydrogens (tertiary/aromatic N) is 6. The van der Waals surface area contributed by atoms with Gasteiger partial charge in [0.05, 0.1) is 52.9 Å². The fraction of sp³-hybridized carbons (Fsp3) is 0.875. The number of ether oxygens (including phenoxy) is 4. The average molecular weight is 430 g/mol. The highest BCUT2D eigenvalue weighted by Crippen LogP contribution is 1.89. The van der Waals surface area contributed by atoms with Gasteiger partial charge in [0.25, 0.3) is 0 Å². The van der Waals surface area contributed by atoms with Gasteiger partial charge in [-0.25, -0.2) is 0 Å². The van der Waals surface area contributed by atoms with E-state index in [1.54, 1.807) is 0 Å². The lowest BCUT2D eigenvalue weighted by molar-refractivity contribution is -0.126. The van der Waals surface area contributed by atoms with E-state index in [0.717, 1.165) is 0 Å². The second-order valence-corrected chi connectivity index (χ2v) is 5.56. The number of azide groups is 2. The van der Waals surface area contributed by atoms with Gasteiger partial charge in [-0.05, 0) is 11.1 Å². The SMILES string of the molecule is [N-]=[N+]=NCCOCCOCCNC(=O)CCC(=O)NCCOCCOCCN=[N+]=[N-]. The maximum Gasteiger partial charge on any atom is 0.220 e. The van der Waals surface area contributed by atoms with Crippen LogP contribution in [0.15, 0.2) is 10.2 Å². The normalized spacial score (nSPS) is 10.0. The third kappa shape index (κ3) is 21.7. The van der Waals surface area contributed by atoms with E-state index in [0.29, 0.717) is 65.9 Å². The molecule has 0 rings (SSSR count). The van der Waals surface area contributed by atoms with Crippen molar-refractivity contribution < 1.29 is 28.5 Å². The standard InChI is InChI=1S/C16H30N8O6/c17-23-21-5-9-29-13-11-27-7-3-19-15(25)1-2-16(26)20-4-8-28-12-14-30-10-6-22-24-18/h1-14H2,(H,19,25)(H,20,26). The smallest absolute Gasteiger partial charge is 0.220 e. The first-order chi connectivity index (χ1) is 14.7. The highest BCUT2D eigenvalue weighted by atomic mass is 16.5. The van der Waals surface area contributed by atoms with E-state index in [9.17, 15) is 9.59 Å². The van der Waals surface area contributed by atoms with Crippen LogP contribution in [-0.2, 0) is 28.5 Å². The molecule has 2 N–H and O–H groups in total. The zero-order chi connectivity index (χ0) is 22.1. The van der Waals surface area contributed by atoms with E-state index in [4.69, 9.17) is 30.0 Å². The molecule has 14 heteroatoms. The molecule has 0 aromatic rings. The van der Waals surface area contributed by atoms with Gasteiger partial charge >= 0.3 is 0 Å². The number of hydrogen-bond donors (Lipinski definition) is 2. The number of hydrogen-bond acceptors (Lipinski definition) is 8. The van der Waals surface area contributed by atoms with E-state index in [1.807, 2.05) is 0 Å². The minimum absolute atomic E-state index is 0.0915. The van der Waals surface area contributed by atoms with Crippen LogP contribution < -0.4 is 10.6 Å². The lowest BCUT2D eigenvalue weighted by Gasteiger charge is -2.08. The summed E-state index contributed by atoms with van der Waals surface area (Å²) in [5, 5.41) is 12.0. The topological polar surface area (TPSA) is 193 Å². The van der Waals surface area contributed by atoms with E-state index < -0.39 is 0 Å². The highest BCUT2D eigenvalue weighted by Gasteiger charge is 2.06. The minimum atomic E-state index is -0.228. The van der Waals surface area contributed by atoms with Crippen LogP contribution in [0.3, 0.4) is 0 Å². The van der Waals surface area contributed by atoms with Crippen LogP contribution in [-0.4, -0.2) is 90.8 Å². The molecule has 170 valence electrons. The molecule has 0 bridgehead atoms. The molecule has 30 heavy (non-hydrogen) atoms. The molecule has 14 nitrogen and oxygen atoms in total. The maximum absolute atomic E-state index is 11.6. The molecule has 0 aliphatic carbocycles. The van der Waals surface area contributed by atoms with Crippen LogP contribution in [0.25, 0.3) is 20.9 Å². The molecule has 0 fully saturated rings. The predicted molar refractivity (Wildman–Crippen MR) is 107 cm³/mol. The number of amides is 2. The van der Waals surface area contributed by atoms with Crippen LogP contribution in [0.4, 0.5) is 0 Å². The van der Waals surface area contributed by atoms with Crippen molar-refractivity contribution in [3.05, 3.63) is 20.9 Å². The summed E-state index contributed by atoms with van der Waals surface area (Å²) in [7, 11) is 0. The van der Waals surface area contributed by atoms with E-state index in [-0.39, 0.29) is 37.7 Å². The first-order valence-corrected chi connectivity index (χ1v) is 9.56. The molecule has 0 aromatic heterocycles. The monoisotopic (exact) mass is 430 g/mol. The zero-order valence-electron chi connectivity index (χ0n) is 17.0. The van der Waals surface area contributed by atoms with Gasteiger partial charge < -0.3 is 29.6 Å². The first kappa shape index (κ1) is 27.4. The Kier molecular flexibility index (Phi) is 20.7. The molecule has 0 spiro atoms. The van der Waals surface area contributed by atoms with Crippen molar-refractivity contribution in [1.82, 2.24) is 10.6 Å². The number of carbonyl (C=O) groups is 2. The molecule has 0 radical (unpaired) electrons. The number of nitrogens with one attached hydrogen (secondary N) is 2. The van der Waals surface area contributed by atoms with Gasteiger partial charge in [-0.2, -0.15) is 0 Å². The Morgan fingerprint density at radius 1 is 0.633 bits per heavy atom. The van der Waals surface area contributed by atoms with Gasteiger partial charge in [-0.15, -0.1) is 0 Å². The molecular weight excluding hydrogens is 400 g/mol. The second-order valence-electron chi connectivity index (χ2n) is 5.56. The summed E-state index contributed by atoms with van der Waals surface area (Å²) in [5.74, 6) is -0.456. The zero-order valence-corrected chi connectivity index (χ0v) is 17.0. The largest absolute Gasteiger partial charge is 0.379 e. The van der Waals surface area contributed by atoms with Crippen LogP contribution in [0.1, 0.15) is 12.8 Å². The summed E-state index contributed by atoms with van der Waals surface area (Å²) in [4.78, 5) is 28.5. The highest BCUT2D eigenvalue weighted by molar-refractivity contribution is 5.83. The lowest BCUT2D eigenvalue weighted by atomic mass is 10.3. The van der Waals surface area contributed by atoms with Crippen molar-refractivity contribution in [1.29, 1.82) is 0 Å². The molecule has 0 unspecified atom stereocenters. The third-order valence-corrected chi connectivity index (χ3v) is 3.26. The number of carbonyl (C=O) groups excluding carboxylic acids is 2. The maximum atomic E-state index is 11.6. The molecular formula is C16H30N8O6. The van der Waals surface area contributed by atoms with Crippen LogP contribution in [0.5, 0.6) is 0 Å². The molecule has 0 aliphatic rings. The van der Waals surface area contributed by atoms with Gasteiger partial charge in [-0.1, -0.05) is 10.2 Å². The minimum Gasteiger partial charge on any atom is -0.379 e. The quantitative estimate of drug-likeness (QED) is 0.116. The van der Waals surface area contributed by atoms with Crippen molar-refractivity contribution in [2.75, 3.05) is 79.0 Å². The Morgan fingerprint density at radius 3 is 1.37 bits per heavy atom. The van der Waals surface area contributed by atoms with Crippen molar-refractivity contribution >= 4 is 11.8 Å². The Labute approximate surface area is 174 Å². The van der Waals surface area contributed by atoms with E-state index in [2.05, 4.69) is 30.7 Å². The second kappa shape index (κ2) is 22.7. The number of rotatable bonds is 21. The molecule has 0 aromatic carbocycles. The molecule has 0 atom stereocenters. The summed E-state index contributed by atoms with van der Waals surface area (Å²) in [5.41, 5.74) is 16.2. The van der Waals surface area contributed by atoms with E-state index >= 15 is 0 Å². The van der Waals surface area contributed by atoms with Crippen LogP contribution >= 0.6 is 0 Å². The molecule has 2 amide bonds. The first-order valence-electron chi connectivity index (χ1n) is 9.56. The molecule has 0 saturated carbocycles. The van der Waals surface area contributed by atoms with Crippen molar-refractivity contribution in [3.8, 4) is 0 Å². The van der Waals surface area contributed by atoms with Crippen molar-refractivity contribution in [2.45, 2.75) is 12.8 Å². The fourth-order valence-electron chi connectivity index (χ4n) is 1.87. The average Bonchev–Trinajstić information content (AvgIpc) is 2.75. The van der Waals surface area contributed by atoms with Crippen LogP contribution in [0.2, 0.25) is 0 Å². The van der Waals surface area contributed by atoms with Gasteiger partial charge in [0.15, 0.2) is 0 Å². The van der Waals surface area contributed by atoms with Gasteiger partial charge in [0.2, 0.25) is 11.8 Å². The fourth-order valence-corrected chi connectivity index (χ4v) is 1.87. The Hall–Kier alpha value is -2.60.